The lowest BCUT2D eigenvalue weighted by atomic mass is 10.2. The van der Waals surface area contributed by atoms with Gasteiger partial charge in [0.15, 0.2) is 0 Å². The van der Waals surface area contributed by atoms with Gasteiger partial charge in [-0.25, -0.2) is 5.43 Å². The molecule has 32 heavy (non-hydrogen) atoms. The minimum absolute atomic E-state index is 0.430. The first-order valence-corrected chi connectivity index (χ1v) is 11.3. The van der Waals surface area contributed by atoms with Gasteiger partial charge in [-0.3, -0.25) is 0 Å². The highest BCUT2D eigenvalue weighted by Gasteiger charge is 2.20. The van der Waals surface area contributed by atoms with E-state index in [0.29, 0.717) is 44.3 Å². The van der Waals surface area contributed by atoms with Crippen LogP contribution in [0.25, 0.3) is 0 Å². The van der Waals surface area contributed by atoms with E-state index in [9.17, 15) is 0 Å². The Labute approximate surface area is 189 Å². The molecule has 10 heteroatoms. The van der Waals surface area contributed by atoms with Gasteiger partial charge in [-0.1, -0.05) is 12.1 Å². The van der Waals surface area contributed by atoms with Crippen molar-refractivity contribution in [3.8, 4) is 0 Å². The zero-order valence-corrected chi connectivity index (χ0v) is 18.9. The minimum atomic E-state index is 0.430. The largest absolute Gasteiger partial charge is 0.378 e. The summed E-state index contributed by atoms with van der Waals surface area (Å²) >= 11 is 0. The molecule has 2 aliphatic rings. The number of hydrogen-bond acceptors (Lipinski definition) is 10. The molecule has 1 N–H and O–H groups in total. The van der Waals surface area contributed by atoms with Crippen LogP contribution in [-0.2, 0) is 9.47 Å². The lowest BCUT2D eigenvalue weighted by Gasteiger charge is -2.30. The first-order chi connectivity index (χ1) is 15.8. The topological polar surface area (TPSA) is 91.2 Å². The van der Waals surface area contributed by atoms with Crippen LogP contribution in [0.4, 0.5) is 23.5 Å². The molecule has 0 radical (unpaired) electrons. The summed E-state index contributed by atoms with van der Waals surface area (Å²) in [5.41, 5.74) is 5.21. The Morgan fingerprint density at radius 2 is 1.41 bits per heavy atom. The Bertz CT molecular complexity index is 840. The van der Waals surface area contributed by atoms with E-state index < -0.39 is 0 Å². The van der Waals surface area contributed by atoms with Gasteiger partial charge >= 0.3 is 0 Å². The first-order valence-electron chi connectivity index (χ1n) is 11.3. The Morgan fingerprint density at radius 3 is 1.91 bits per heavy atom. The molecule has 2 aliphatic heterocycles. The van der Waals surface area contributed by atoms with Gasteiger partial charge in [-0.05, 0) is 31.5 Å². The number of rotatable bonds is 8. The zero-order valence-electron chi connectivity index (χ0n) is 18.9. The molecule has 10 nitrogen and oxygen atoms in total. The third-order valence-corrected chi connectivity index (χ3v) is 5.60. The molecule has 2 saturated heterocycles. The lowest BCUT2D eigenvalue weighted by molar-refractivity contribution is 0.121. The average molecular weight is 441 g/mol. The molecule has 172 valence electrons. The molecule has 0 atom stereocenters. The van der Waals surface area contributed by atoms with Crippen molar-refractivity contribution >= 4 is 29.7 Å². The number of anilines is 4. The van der Waals surface area contributed by atoms with Gasteiger partial charge in [0.2, 0.25) is 17.8 Å². The van der Waals surface area contributed by atoms with Gasteiger partial charge in [0.05, 0.1) is 32.6 Å². The number of ether oxygens (including phenoxy) is 2. The van der Waals surface area contributed by atoms with E-state index in [4.69, 9.17) is 14.5 Å². The molecule has 0 unspecified atom stereocenters. The van der Waals surface area contributed by atoms with E-state index in [1.54, 1.807) is 6.21 Å². The Kier molecular flexibility index (Phi) is 7.68. The Hall–Kier alpha value is -2.98. The second-order valence-corrected chi connectivity index (χ2v) is 7.59. The fourth-order valence-corrected chi connectivity index (χ4v) is 3.74. The predicted molar refractivity (Wildman–Crippen MR) is 127 cm³/mol. The second kappa shape index (κ2) is 11.1. The van der Waals surface area contributed by atoms with Crippen LogP contribution in [0.3, 0.4) is 0 Å². The van der Waals surface area contributed by atoms with Crippen molar-refractivity contribution in [1.29, 1.82) is 0 Å². The number of nitrogens with one attached hydrogen (secondary N) is 1. The maximum absolute atomic E-state index is 5.47. The van der Waals surface area contributed by atoms with Crippen LogP contribution in [0.15, 0.2) is 29.4 Å². The smallest absolute Gasteiger partial charge is 0.250 e. The van der Waals surface area contributed by atoms with E-state index in [-0.39, 0.29) is 0 Å². The highest BCUT2D eigenvalue weighted by Crippen LogP contribution is 2.19. The van der Waals surface area contributed by atoms with Gasteiger partial charge < -0.3 is 24.2 Å². The van der Waals surface area contributed by atoms with Crippen LogP contribution in [0.1, 0.15) is 19.4 Å². The predicted octanol–water partition coefficient (Wildman–Crippen LogP) is 1.84. The SMILES string of the molecule is CCN(CC)c1ccc(/C=N/Nc2nc(N3CCOCC3)nc(N3CCOCC3)n2)cc1. The van der Waals surface area contributed by atoms with E-state index in [0.717, 1.165) is 44.8 Å². The molecule has 0 amide bonds. The fraction of sp³-hybridized carbons (Fsp3) is 0.545. The summed E-state index contributed by atoms with van der Waals surface area (Å²) in [5, 5.41) is 4.37. The molecule has 2 fully saturated rings. The summed E-state index contributed by atoms with van der Waals surface area (Å²) in [4.78, 5) is 20.5. The van der Waals surface area contributed by atoms with Crippen molar-refractivity contribution in [2.45, 2.75) is 13.8 Å². The third kappa shape index (κ3) is 5.63. The molecular weight excluding hydrogens is 408 g/mol. The summed E-state index contributed by atoms with van der Waals surface area (Å²) in [5.74, 6) is 1.72. The highest BCUT2D eigenvalue weighted by atomic mass is 16.5. The first kappa shape index (κ1) is 22.2. The van der Waals surface area contributed by atoms with Crippen LogP contribution in [0, 0.1) is 0 Å². The van der Waals surface area contributed by atoms with Crippen molar-refractivity contribution in [1.82, 2.24) is 15.0 Å². The molecule has 0 aliphatic carbocycles. The van der Waals surface area contributed by atoms with Crippen molar-refractivity contribution in [3.05, 3.63) is 29.8 Å². The van der Waals surface area contributed by atoms with Gasteiger partial charge in [0, 0.05) is 45.0 Å². The number of benzene rings is 1. The fourth-order valence-electron chi connectivity index (χ4n) is 3.74. The van der Waals surface area contributed by atoms with E-state index in [1.807, 2.05) is 0 Å². The van der Waals surface area contributed by atoms with Gasteiger partial charge in [-0.2, -0.15) is 20.1 Å². The summed E-state index contributed by atoms with van der Waals surface area (Å²) in [6.07, 6.45) is 1.78. The Balaban J connectivity index is 1.49. The van der Waals surface area contributed by atoms with Crippen LogP contribution in [-0.4, -0.2) is 86.9 Å². The number of aromatic nitrogens is 3. The molecule has 3 heterocycles. The standard InChI is InChI=1S/C22H32N8O2/c1-3-28(4-2)19-7-5-18(6-8-19)17-23-27-20-24-21(29-9-13-31-14-10-29)26-22(25-20)30-11-15-32-16-12-30/h5-8,17H,3-4,9-16H2,1-2H3,(H,24,25,26,27)/b23-17+. The number of nitrogens with zero attached hydrogens (tertiary/aromatic N) is 7. The summed E-state index contributed by atoms with van der Waals surface area (Å²) in [7, 11) is 0. The van der Waals surface area contributed by atoms with Crippen LogP contribution >= 0.6 is 0 Å². The molecule has 0 saturated carbocycles. The zero-order chi connectivity index (χ0) is 22.2. The van der Waals surface area contributed by atoms with Gasteiger partial charge in [0.25, 0.3) is 0 Å². The third-order valence-electron chi connectivity index (χ3n) is 5.60. The van der Waals surface area contributed by atoms with Crippen LogP contribution < -0.4 is 20.1 Å². The normalized spacial score (nSPS) is 17.1. The van der Waals surface area contributed by atoms with E-state index in [1.165, 1.54) is 5.69 Å². The quantitative estimate of drug-likeness (QED) is 0.488. The van der Waals surface area contributed by atoms with E-state index >= 15 is 0 Å². The average Bonchev–Trinajstić information content (AvgIpc) is 2.86. The number of hydrazone groups is 1. The van der Waals surface area contributed by atoms with Crippen LogP contribution in [0.2, 0.25) is 0 Å². The lowest BCUT2D eigenvalue weighted by Crippen LogP contribution is -2.40. The molecular formula is C22H32N8O2. The van der Waals surface area contributed by atoms with E-state index in [2.05, 4.69) is 73.3 Å². The molecule has 4 rings (SSSR count). The second-order valence-electron chi connectivity index (χ2n) is 7.59. The summed E-state index contributed by atoms with van der Waals surface area (Å²) < 4.78 is 10.9. The van der Waals surface area contributed by atoms with Crippen molar-refractivity contribution in [3.63, 3.8) is 0 Å². The highest BCUT2D eigenvalue weighted by molar-refractivity contribution is 5.80. The molecule has 0 bridgehead atoms. The molecule has 1 aromatic carbocycles. The van der Waals surface area contributed by atoms with Gasteiger partial charge in [-0.15, -0.1) is 0 Å². The molecule has 0 spiro atoms. The summed E-state index contributed by atoms with van der Waals surface area (Å²) in [6, 6.07) is 8.35. The maximum Gasteiger partial charge on any atom is 0.250 e. The maximum atomic E-state index is 5.47. The molecule has 1 aromatic heterocycles. The monoisotopic (exact) mass is 440 g/mol. The van der Waals surface area contributed by atoms with Crippen LogP contribution in [0.5, 0.6) is 0 Å². The van der Waals surface area contributed by atoms with Crippen molar-refractivity contribution < 1.29 is 9.47 Å². The Morgan fingerprint density at radius 1 is 0.875 bits per heavy atom. The van der Waals surface area contributed by atoms with Gasteiger partial charge in [0.1, 0.15) is 0 Å². The number of morpholine rings is 2. The van der Waals surface area contributed by atoms with Crippen molar-refractivity contribution in [2.24, 2.45) is 5.10 Å². The minimum Gasteiger partial charge on any atom is -0.378 e. The number of hydrogen-bond donors (Lipinski definition) is 1. The summed E-state index contributed by atoms with van der Waals surface area (Å²) in [6.45, 7) is 12.0. The molecule has 2 aromatic rings. The van der Waals surface area contributed by atoms with Crippen molar-refractivity contribution in [2.75, 3.05) is 85.8 Å².